The van der Waals surface area contributed by atoms with Crippen molar-refractivity contribution in [2.24, 2.45) is 5.73 Å². The number of methoxy groups -OCH3 is 2. The summed E-state index contributed by atoms with van der Waals surface area (Å²) in [6.45, 7) is 2.00. The lowest BCUT2D eigenvalue weighted by atomic mass is 10.2. The zero-order chi connectivity index (χ0) is 12.8. The van der Waals surface area contributed by atoms with Crippen LogP contribution in [0.1, 0.15) is 12.5 Å². The fourth-order valence-corrected chi connectivity index (χ4v) is 1.36. The van der Waals surface area contributed by atoms with Crippen molar-refractivity contribution in [3.05, 3.63) is 23.8 Å². The molecule has 0 fully saturated rings. The van der Waals surface area contributed by atoms with Gasteiger partial charge in [-0.15, -0.1) is 0 Å². The lowest BCUT2D eigenvalue weighted by Gasteiger charge is -2.12. The summed E-state index contributed by atoms with van der Waals surface area (Å²) in [4.78, 5) is 11.4. The van der Waals surface area contributed by atoms with Crippen LogP contribution in [0.4, 0.5) is 0 Å². The third-order valence-electron chi connectivity index (χ3n) is 2.35. The second-order valence-corrected chi connectivity index (χ2v) is 3.68. The first-order valence-electron chi connectivity index (χ1n) is 5.32. The van der Waals surface area contributed by atoms with Crippen molar-refractivity contribution in [2.75, 3.05) is 14.2 Å². The first-order valence-corrected chi connectivity index (χ1v) is 5.32. The lowest BCUT2D eigenvalue weighted by Crippen LogP contribution is -2.37. The van der Waals surface area contributed by atoms with Gasteiger partial charge in [0.2, 0.25) is 5.91 Å². The molecule has 1 aromatic rings. The van der Waals surface area contributed by atoms with Crippen LogP contribution in [0.25, 0.3) is 0 Å². The minimum Gasteiger partial charge on any atom is -0.497 e. The van der Waals surface area contributed by atoms with Crippen LogP contribution in [0.15, 0.2) is 18.2 Å². The third kappa shape index (κ3) is 3.64. The Morgan fingerprint density at radius 3 is 2.65 bits per heavy atom. The largest absolute Gasteiger partial charge is 0.497 e. The van der Waals surface area contributed by atoms with Gasteiger partial charge in [-0.1, -0.05) is 0 Å². The van der Waals surface area contributed by atoms with E-state index in [4.69, 9.17) is 15.2 Å². The topological polar surface area (TPSA) is 73.6 Å². The predicted molar refractivity (Wildman–Crippen MR) is 65.0 cm³/mol. The number of carbonyl (C=O) groups excluding carboxylic acids is 1. The molecule has 5 heteroatoms. The average Bonchev–Trinajstić information content (AvgIpc) is 2.35. The number of carbonyl (C=O) groups is 1. The van der Waals surface area contributed by atoms with Crippen LogP contribution in [-0.4, -0.2) is 26.2 Å². The molecule has 0 aliphatic carbocycles. The molecule has 1 aromatic carbocycles. The summed E-state index contributed by atoms with van der Waals surface area (Å²) in [5, 5.41) is 2.72. The molecule has 0 heterocycles. The molecule has 0 spiro atoms. The molecular formula is C12H18N2O3. The second kappa shape index (κ2) is 6.10. The van der Waals surface area contributed by atoms with E-state index < -0.39 is 6.04 Å². The van der Waals surface area contributed by atoms with Gasteiger partial charge < -0.3 is 20.5 Å². The quantitative estimate of drug-likeness (QED) is 0.790. The lowest BCUT2D eigenvalue weighted by molar-refractivity contribution is -0.122. The monoisotopic (exact) mass is 238 g/mol. The van der Waals surface area contributed by atoms with Crippen LogP contribution in [0.5, 0.6) is 11.5 Å². The van der Waals surface area contributed by atoms with E-state index in [0.717, 1.165) is 11.3 Å². The van der Waals surface area contributed by atoms with Gasteiger partial charge in [-0.05, 0) is 25.1 Å². The smallest absolute Gasteiger partial charge is 0.236 e. The highest BCUT2D eigenvalue weighted by atomic mass is 16.5. The van der Waals surface area contributed by atoms with Crippen LogP contribution in [0.3, 0.4) is 0 Å². The molecule has 94 valence electrons. The maximum absolute atomic E-state index is 11.4. The highest BCUT2D eigenvalue weighted by molar-refractivity contribution is 5.81. The zero-order valence-corrected chi connectivity index (χ0v) is 10.3. The molecule has 1 amide bonds. The van der Waals surface area contributed by atoms with Gasteiger partial charge in [-0.25, -0.2) is 0 Å². The minimum absolute atomic E-state index is 0.199. The van der Waals surface area contributed by atoms with Gasteiger partial charge in [-0.2, -0.15) is 0 Å². The predicted octanol–water partition coefficient (Wildman–Crippen LogP) is 0.667. The normalized spacial score (nSPS) is 11.8. The molecule has 0 aliphatic rings. The molecule has 0 unspecified atom stereocenters. The van der Waals surface area contributed by atoms with Crippen molar-refractivity contribution in [1.29, 1.82) is 0 Å². The van der Waals surface area contributed by atoms with Gasteiger partial charge >= 0.3 is 0 Å². The number of nitrogens with two attached hydrogens (primary N) is 1. The maximum Gasteiger partial charge on any atom is 0.236 e. The highest BCUT2D eigenvalue weighted by Crippen LogP contribution is 2.23. The first-order chi connectivity index (χ1) is 8.08. The number of rotatable bonds is 5. The molecule has 0 saturated carbocycles. The Morgan fingerprint density at radius 2 is 2.12 bits per heavy atom. The van der Waals surface area contributed by atoms with E-state index in [0.29, 0.717) is 12.3 Å². The summed E-state index contributed by atoms with van der Waals surface area (Å²) < 4.78 is 10.3. The molecule has 1 atom stereocenters. The Bertz CT molecular complexity index is 391. The summed E-state index contributed by atoms with van der Waals surface area (Å²) in [6, 6.07) is 4.90. The summed E-state index contributed by atoms with van der Waals surface area (Å²) in [6.07, 6.45) is 0. The van der Waals surface area contributed by atoms with E-state index in [1.54, 1.807) is 33.3 Å². The van der Waals surface area contributed by atoms with E-state index in [2.05, 4.69) is 5.32 Å². The van der Waals surface area contributed by atoms with Crippen LogP contribution < -0.4 is 20.5 Å². The van der Waals surface area contributed by atoms with E-state index in [1.807, 2.05) is 6.07 Å². The van der Waals surface area contributed by atoms with Crippen molar-refractivity contribution in [3.8, 4) is 11.5 Å². The number of hydrogen-bond acceptors (Lipinski definition) is 4. The summed E-state index contributed by atoms with van der Waals surface area (Å²) in [5.41, 5.74) is 6.31. The molecular weight excluding hydrogens is 220 g/mol. The Kier molecular flexibility index (Phi) is 4.78. The molecule has 5 nitrogen and oxygen atoms in total. The summed E-state index contributed by atoms with van der Waals surface area (Å²) in [7, 11) is 3.17. The van der Waals surface area contributed by atoms with Crippen LogP contribution in [0.2, 0.25) is 0 Å². The van der Waals surface area contributed by atoms with E-state index in [-0.39, 0.29) is 5.91 Å². The van der Waals surface area contributed by atoms with E-state index in [9.17, 15) is 4.79 Å². The summed E-state index contributed by atoms with van der Waals surface area (Å²) in [5.74, 6) is 1.22. The van der Waals surface area contributed by atoms with Gasteiger partial charge in [0.05, 0.1) is 20.3 Å². The van der Waals surface area contributed by atoms with Crippen molar-refractivity contribution >= 4 is 5.91 Å². The van der Waals surface area contributed by atoms with Gasteiger partial charge in [0.15, 0.2) is 0 Å². The van der Waals surface area contributed by atoms with Gasteiger partial charge in [0, 0.05) is 12.1 Å². The zero-order valence-electron chi connectivity index (χ0n) is 10.3. The minimum atomic E-state index is -0.522. The molecule has 17 heavy (non-hydrogen) atoms. The Hall–Kier alpha value is -1.75. The molecule has 1 rings (SSSR count). The van der Waals surface area contributed by atoms with Crippen LogP contribution in [-0.2, 0) is 11.3 Å². The molecule has 3 N–H and O–H groups in total. The Balaban J connectivity index is 2.77. The van der Waals surface area contributed by atoms with Crippen LogP contribution in [0, 0.1) is 0 Å². The van der Waals surface area contributed by atoms with Crippen molar-refractivity contribution in [1.82, 2.24) is 5.32 Å². The highest BCUT2D eigenvalue weighted by Gasteiger charge is 2.09. The van der Waals surface area contributed by atoms with E-state index >= 15 is 0 Å². The van der Waals surface area contributed by atoms with Crippen molar-refractivity contribution in [2.45, 2.75) is 19.5 Å². The number of benzene rings is 1. The fraction of sp³-hybridized carbons (Fsp3) is 0.417. The van der Waals surface area contributed by atoms with E-state index in [1.165, 1.54) is 0 Å². The molecule has 0 aromatic heterocycles. The number of amides is 1. The first kappa shape index (κ1) is 13.3. The van der Waals surface area contributed by atoms with Gasteiger partial charge in [0.25, 0.3) is 0 Å². The Morgan fingerprint density at radius 1 is 1.41 bits per heavy atom. The average molecular weight is 238 g/mol. The SMILES string of the molecule is COc1ccc(OC)c(CNC(=O)[C@@H](C)N)c1. The number of hydrogen-bond donors (Lipinski definition) is 2. The molecule has 0 saturated heterocycles. The summed E-state index contributed by atoms with van der Waals surface area (Å²) >= 11 is 0. The number of nitrogens with one attached hydrogen (secondary N) is 1. The van der Waals surface area contributed by atoms with Gasteiger partial charge in [0.1, 0.15) is 11.5 Å². The van der Waals surface area contributed by atoms with Crippen molar-refractivity contribution < 1.29 is 14.3 Å². The Labute approximate surface area is 101 Å². The second-order valence-electron chi connectivity index (χ2n) is 3.68. The number of ether oxygens (including phenoxy) is 2. The maximum atomic E-state index is 11.4. The fourth-order valence-electron chi connectivity index (χ4n) is 1.36. The molecule has 0 radical (unpaired) electrons. The van der Waals surface area contributed by atoms with Gasteiger partial charge in [-0.3, -0.25) is 4.79 Å². The molecule has 0 aliphatic heterocycles. The molecule has 0 bridgehead atoms. The van der Waals surface area contributed by atoms with Crippen molar-refractivity contribution in [3.63, 3.8) is 0 Å². The third-order valence-corrected chi connectivity index (χ3v) is 2.35. The van der Waals surface area contributed by atoms with Crippen LogP contribution >= 0.6 is 0 Å². The standard InChI is InChI=1S/C12H18N2O3/c1-8(13)12(15)14-7-9-6-10(16-2)4-5-11(9)17-3/h4-6,8H,7,13H2,1-3H3,(H,14,15)/t8-/m1/s1.